The minimum Gasteiger partial charge on any atom is -0.507 e. The van der Waals surface area contributed by atoms with Crippen LogP contribution in [-0.4, -0.2) is 37.8 Å². The fourth-order valence-electron chi connectivity index (χ4n) is 5.20. The molecule has 1 fully saturated rings. The monoisotopic (exact) mass is 549 g/mol. The number of aliphatic hydroxyl groups is 1. The van der Waals surface area contributed by atoms with E-state index in [4.69, 9.17) is 4.74 Å². The lowest BCUT2D eigenvalue weighted by Crippen LogP contribution is -2.31. The summed E-state index contributed by atoms with van der Waals surface area (Å²) in [4.78, 5) is 32.3. The van der Waals surface area contributed by atoms with E-state index in [2.05, 4.69) is 24.9 Å². The van der Waals surface area contributed by atoms with Gasteiger partial charge in [0, 0.05) is 31.0 Å². The molecule has 1 atom stereocenters. The summed E-state index contributed by atoms with van der Waals surface area (Å²) < 4.78 is 7.86. The van der Waals surface area contributed by atoms with Gasteiger partial charge in [0.05, 0.1) is 17.9 Å². The van der Waals surface area contributed by atoms with Crippen LogP contribution < -0.4 is 4.74 Å². The summed E-state index contributed by atoms with van der Waals surface area (Å²) in [6, 6.07) is 22.3. The molecule has 7 heteroatoms. The molecule has 1 aromatic heterocycles. The van der Waals surface area contributed by atoms with Gasteiger partial charge in [-0.3, -0.25) is 9.59 Å². The number of hydrogen-bond acceptors (Lipinski definition) is 5. The summed E-state index contributed by atoms with van der Waals surface area (Å²) in [7, 11) is 0. The van der Waals surface area contributed by atoms with Crippen molar-refractivity contribution in [3.05, 3.63) is 125 Å². The van der Waals surface area contributed by atoms with E-state index in [0.29, 0.717) is 43.3 Å². The Morgan fingerprint density at radius 1 is 1.00 bits per heavy atom. The van der Waals surface area contributed by atoms with E-state index in [1.54, 1.807) is 41.7 Å². The molecule has 0 spiro atoms. The highest BCUT2D eigenvalue weighted by molar-refractivity contribution is 6.46. The van der Waals surface area contributed by atoms with E-state index in [0.717, 1.165) is 22.3 Å². The number of aliphatic hydroxyl groups excluding tert-OH is 1. The quantitative estimate of drug-likeness (QED) is 0.140. The predicted molar refractivity (Wildman–Crippen MR) is 158 cm³/mol. The third kappa shape index (κ3) is 6.24. The van der Waals surface area contributed by atoms with Crippen LogP contribution in [0.3, 0.4) is 0 Å². The average molecular weight is 550 g/mol. The van der Waals surface area contributed by atoms with Crippen molar-refractivity contribution in [1.82, 2.24) is 14.5 Å². The molecule has 3 aromatic carbocycles. The average Bonchev–Trinajstić information content (AvgIpc) is 3.58. The van der Waals surface area contributed by atoms with Crippen molar-refractivity contribution in [3.63, 3.8) is 0 Å². The second kappa shape index (κ2) is 12.3. The minimum absolute atomic E-state index is 0.100. The number of imidazole rings is 1. The number of aryl methyl sites for hydroxylation is 2. The Balaban J connectivity index is 1.42. The molecule has 0 unspecified atom stereocenters. The summed E-state index contributed by atoms with van der Waals surface area (Å²) in [6.45, 7) is 7.71. The maximum absolute atomic E-state index is 13.4. The van der Waals surface area contributed by atoms with E-state index >= 15 is 0 Å². The summed E-state index contributed by atoms with van der Waals surface area (Å²) in [6.07, 6.45) is 5.94. The van der Waals surface area contributed by atoms with Gasteiger partial charge < -0.3 is 19.3 Å². The first-order valence-electron chi connectivity index (χ1n) is 13.9. The molecule has 0 saturated carbocycles. The third-order valence-corrected chi connectivity index (χ3v) is 7.45. The zero-order valence-electron chi connectivity index (χ0n) is 23.7. The number of hydrogen-bond donors (Lipinski definition) is 1. The molecule has 0 aliphatic carbocycles. The first-order chi connectivity index (χ1) is 19.8. The lowest BCUT2D eigenvalue weighted by molar-refractivity contribution is -0.139. The van der Waals surface area contributed by atoms with Gasteiger partial charge in [-0.15, -0.1) is 0 Å². The van der Waals surface area contributed by atoms with Gasteiger partial charge >= 0.3 is 0 Å². The van der Waals surface area contributed by atoms with Crippen LogP contribution in [0, 0.1) is 6.92 Å². The van der Waals surface area contributed by atoms with E-state index in [1.807, 2.05) is 60.2 Å². The number of likely N-dealkylation sites (tertiary alicyclic amines) is 1. The Morgan fingerprint density at radius 2 is 1.76 bits per heavy atom. The molecular weight excluding hydrogens is 514 g/mol. The second-order valence-electron chi connectivity index (χ2n) is 10.8. The van der Waals surface area contributed by atoms with Crippen molar-refractivity contribution >= 4 is 17.4 Å². The number of carbonyl (C=O) groups excluding carboxylic acids is 2. The van der Waals surface area contributed by atoms with Crippen LogP contribution >= 0.6 is 0 Å². The fourth-order valence-corrected chi connectivity index (χ4v) is 5.20. The molecule has 5 rings (SSSR count). The first-order valence-corrected chi connectivity index (χ1v) is 13.9. The zero-order valence-corrected chi connectivity index (χ0v) is 23.7. The highest BCUT2D eigenvalue weighted by Crippen LogP contribution is 2.40. The molecule has 1 N–H and O–H groups in total. The number of benzene rings is 3. The van der Waals surface area contributed by atoms with Gasteiger partial charge in [0.2, 0.25) is 0 Å². The Kier molecular flexibility index (Phi) is 8.34. The minimum atomic E-state index is -0.684. The normalized spacial score (nSPS) is 16.5. The SMILES string of the molecule is Cc1cccc(COc2ccc(/C(O)=C3\C(=O)C(=O)N(CCCn4ccnc4)[C@@H]3c3ccc(C(C)C)cc3)cc2)c1. The van der Waals surface area contributed by atoms with Crippen molar-refractivity contribution in [2.24, 2.45) is 0 Å². The van der Waals surface area contributed by atoms with Crippen molar-refractivity contribution < 1.29 is 19.4 Å². The Labute approximate surface area is 240 Å². The molecule has 7 nitrogen and oxygen atoms in total. The van der Waals surface area contributed by atoms with Crippen molar-refractivity contribution in [3.8, 4) is 5.75 Å². The number of nitrogens with zero attached hydrogens (tertiary/aromatic N) is 3. The van der Waals surface area contributed by atoms with Gasteiger partial charge in [0.15, 0.2) is 0 Å². The molecule has 210 valence electrons. The highest BCUT2D eigenvalue weighted by atomic mass is 16.5. The van der Waals surface area contributed by atoms with Crippen molar-refractivity contribution in [2.75, 3.05) is 6.54 Å². The maximum atomic E-state index is 13.4. The van der Waals surface area contributed by atoms with E-state index in [-0.39, 0.29) is 11.3 Å². The number of amides is 1. The summed E-state index contributed by atoms with van der Waals surface area (Å²) in [5, 5.41) is 11.4. The summed E-state index contributed by atoms with van der Waals surface area (Å²) >= 11 is 0. The largest absolute Gasteiger partial charge is 0.507 e. The van der Waals surface area contributed by atoms with Gasteiger partial charge in [-0.2, -0.15) is 0 Å². The Hall–Kier alpha value is -4.65. The molecule has 1 amide bonds. The summed E-state index contributed by atoms with van der Waals surface area (Å²) in [5.41, 5.74) is 4.73. The number of Topliss-reactive ketones (excluding diaryl/α,β-unsaturated/α-hetero) is 1. The van der Waals surface area contributed by atoms with Crippen LogP contribution in [0.5, 0.6) is 5.75 Å². The molecule has 41 heavy (non-hydrogen) atoms. The number of carbonyl (C=O) groups is 2. The predicted octanol–water partition coefficient (Wildman–Crippen LogP) is 6.41. The third-order valence-electron chi connectivity index (χ3n) is 7.45. The number of rotatable bonds is 10. The molecule has 0 bridgehead atoms. The van der Waals surface area contributed by atoms with Crippen LogP contribution in [0.1, 0.15) is 60.0 Å². The van der Waals surface area contributed by atoms with Gasteiger partial charge in [0.1, 0.15) is 18.1 Å². The topological polar surface area (TPSA) is 84.7 Å². The molecule has 1 aliphatic heterocycles. The maximum Gasteiger partial charge on any atom is 0.295 e. The molecule has 1 saturated heterocycles. The molecule has 4 aromatic rings. The first kappa shape index (κ1) is 27.9. The standard InChI is InChI=1S/C34H35N3O4/c1-23(2)26-8-10-27(11-9-26)31-30(33(39)34(40)37(31)18-5-17-36-19-16-35-22-36)32(38)28-12-14-29(15-13-28)41-21-25-7-4-6-24(3)20-25/h4,6-16,19-20,22-23,31,38H,5,17-18,21H2,1-3H3/b32-30+/t31-/m1/s1. The van der Waals surface area contributed by atoms with Crippen LogP contribution in [0.2, 0.25) is 0 Å². The van der Waals surface area contributed by atoms with Crippen LogP contribution in [0.15, 0.2) is 97.1 Å². The van der Waals surface area contributed by atoms with Gasteiger partial charge in [-0.1, -0.05) is 67.9 Å². The molecule has 1 aliphatic rings. The second-order valence-corrected chi connectivity index (χ2v) is 10.8. The lowest BCUT2D eigenvalue weighted by Gasteiger charge is -2.26. The number of ether oxygens (including phenoxy) is 1. The highest BCUT2D eigenvalue weighted by Gasteiger charge is 2.45. The van der Waals surface area contributed by atoms with Crippen molar-refractivity contribution in [1.29, 1.82) is 0 Å². The smallest absolute Gasteiger partial charge is 0.295 e. The lowest BCUT2D eigenvalue weighted by atomic mass is 9.93. The van der Waals surface area contributed by atoms with E-state index in [1.165, 1.54) is 0 Å². The van der Waals surface area contributed by atoms with E-state index < -0.39 is 17.7 Å². The Bertz CT molecular complexity index is 1540. The summed E-state index contributed by atoms with van der Waals surface area (Å²) in [5.74, 6) is -0.485. The Morgan fingerprint density at radius 3 is 2.41 bits per heavy atom. The molecule has 0 radical (unpaired) electrons. The van der Waals surface area contributed by atoms with Crippen molar-refractivity contribution in [2.45, 2.75) is 52.3 Å². The number of aromatic nitrogens is 2. The zero-order chi connectivity index (χ0) is 28.9. The number of ketones is 1. The van der Waals surface area contributed by atoms with Crippen LogP contribution in [0.25, 0.3) is 5.76 Å². The van der Waals surface area contributed by atoms with E-state index in [9.17, 15) is 14.7 Å². The molecule has 2 heterocycles. The molecular formula is C34H35N3O4. The van der Waals surface area contributed by atoms with Crippen LogP contribution in [0.4, 0.5) is 0 Å². The van der Waals surface area contributed by atoms with Crippen LogP contribution in [-0.2, 0) is 22.7 Å². The van der Waals surface area contributed by atoms with Gasteiger partial charge in [-0.05, 0) is 60.2 Å². The van der Waals surface area contributed by atoms with Gasteiger partial charge in [0.25, 0.3) is 11.7 Å². The fraction of sp³-hybridized carbons (Fsp3) is 0.265. The van der Waals surface area contributed by atoms with Gasteiger partial charge in [-0.25, -0.2) is 4.98 Å².